The van der Waals surface area contributed by atoms with Crippen molar-refractivity contribution in [1.82, 2.24) is 14.9 Å². The number of hydrogen-bond donors (Lipinski definition) is 1. The number of piperidine rings is 1. The summed E-state index contributed by atoms with van der Waals surface area (Å²) in [4.78, 5) is 18.0. The molecule has 6 nitrogen and oxygen atoms in total. The summed E-state index contributed by atoms with van der Waals surface area (Å²) in [5.74, 6) is 0. The molecule has 1 aromatic carbocycles. The summed E-state index contributed by atoms with van der Waals surface area (Å²) in [5.41, 5.74) is 12.6. The number of pyridine rings is 2. The molecule has 0 amide bonds. The van der Waals surface area contributed by atoms with Crippen LogP contribution in [0.2, 0.25) is 0 Å². The van der Waals surface area contributed by atoms with Crippen LogP contribution in [0, 0.1) is 13.8 Å². The summed E-state index contributed by atoms with van der Waals surface area (Å²) >= 11 is 0. The third-order valence-electron chi connectivity index (χ3n) is 6.53. The molecule has 4 rings (SSSR count). The second kappa shape index (κ2) is 11.9. The first-order valence-electron chi connectivity index (χ1n) is 12.2. The van der Waals surface area contributed by atoms with Crippen LogP contribution in [-0.2, 0) is 11.4 Å². The van der Waals surface area contributed by atoms with Gasteiger partial charge in [-0.25, -0.2) is 0 Å². The summed E-state index contributed by atoms with van der Waals surface area (Å²) in [6, 6.07) is 18.7. The zero-order valence-corrected chi connectivity index (χ0v) is 20.2. The van der Waals surface area contributed by atoms with E-state index in [0.717, 1.165) is 54.9 Å². The van der Waals surface area contributed by atoms with Crippen LogP contribution in [-0.4, -0.2) is 33.7 Å². The van der Waals surface area contributed by atoms with Crippen LogP contribution in [0.4, 0.5) is 0 Å². The van der Waals surface area contributed by atoms with Crippen LogP contribution in [0.25, 0.3) is 0 Å². The summed E-state index contributed by atoms with van der Waals surface area (Å²) in [6.07, 6.45) is 7.39. The quantitative estimate of drug-likeness (QED) is 0.349. The van der Waals surface area contributed by atoms with E-state index < -0.39 is 0 Å². The highest BCUT2D eigenvalue weighted by atomic mass is 16.6. The molecule has 0 unspecified atom stereocenters. The fraction of sp³-hybridized carbons (Fsp3) is 0.393. The molecule has 2 aromatic heterocycles. The highest BCUT2D eigenvalue weighted by molar-refractivity contribution is 5.86. The fourth-order valence-corrected chi connectivity index (χ4v) is 4.78. The number of oxime groups is 1. The molecule has 0 spiro atoms. The Morgan fingerprint density at radius 1 is 0.882 bits per heavy atom. The minimum absolute atomic E-state index is 0.109. The maximum absolute atomic E-state index is 5.83. The third kappa shape index (κ3) is 5.88. The van der Waals surface area contributed by atoms with Crippen LogP contribution in [0.1, 0.15) is 65.8 Å². The first kappa shape index (κ1) is 24.0. The number of hydrogen-bond acceptors (Lipinski definition) is 6. The van der Waals surface area contributed by atoms with Gasteiger partial charge in [0.2, 0.25) is 0 Å². The van der Waals surface area contributed by atoms with E-state index in [0.29, 0.717) is 13.2 Å². The molecule has 0 bridgehead atoms. The van der Waals surface area contributed by atoms with E-state index in [1.165, 1.54) is 11.1 Å². The van der Waals surface area contributed by atoms with E-state index in [2.05, 4.69) is 48.2 Å². The Bertz CT molecular complexity index is 1030. The number of nitrogens with two attached hydrogens (primary N) is 1. The van der Waals surface area contributed by atoms with Gasteiger partial charge in [-0.15, -0.1) is 0 Å². The lowest BCUT2D eigenvalue weighted by atomic mass is 9.87. The lowest BCUT2D eigenvalue weighted by Gasteiger charge is -2.42. The molecule has 0 aliphatic carbocycles. The molecule has 2 atom stereocenters. The Hall–Kier alpha value is -3.09. The standard InChI is InChI=1S/C28H35N5O/c1-21-10-8-15-30-27(21)25-18-24(32-34-20-23-12-4-3-5-13-23)19-26(33(25)17-7-6-14-29)28-22(2)11-9-16-31-28/h3-5,8-13,15-16,25-26H,6-7,14,17-20,29H2,1-2H3/t25-,26+. The number of aromatic nitrogens is 2. The molecule has 3 heterocycles. The van der Waals surface area contributed by atoms with Crippen LogP contribution < -0.4 is 5.73 Å². The van der Waals surface area contributed by atoms with Gasteiger partial charge < -0.3 is 10.6 Å². The maximum atomic E-state index is 5.83. The normalized spacial score (nSPS) is 19.9. The van der Waals surface area contributed by atoms with Crippen LogP contribution in [0.3, 0.4) is 0 Å². The third-order valence-corrected chi connectivity index (χ3v) is 6.53. The lowest BCUT2D eigenvalue weighted by Crippen LogP contribution is -2.41. The average molecular weight is 458 g/mol. The molecular weight excluding hydrogens is 422 g/mol. The van der Waals surface area contributed by atoms with Crippen molar-refractivity contribution >= 4 is 5.71 Å². The molecule has 6 heteroatoms. The second-order valence-corrected chi connectivity index (χ2v) is 9.00. The van der Waals surface area contributed by atoms with Gasteiger partial charge in [-0.2, -0.15) is 0 Å². The van der Waals surface area contributed by atoms with Crippen LogP contribution in [0.15, 0.2) is 72.1 Å². The summed E-state index contributed by atoms with van der Waals surface area (Å²) < 4.78 is 0. The molecule has 178 valence electrons. The number of likely N-dealkylation sites (tertiary alicyclic amines) is 1. The lowest BCUT2D eigenvalue weighted by molar-refractivity contribution is 0.0998. The molecule has 0 radical (unpaired) electrons. The number of benzene rings is 1. The van der Waals surface area contributed by atoms with Gasteiger partial charge in [0.1, 0.15) is 6.61 Å². The van der Waals surface area contributed by atoms with Crippen molar-refractivity contribution in [2.24, 2.45) is 10.9 Å². The topological polar surface area (TPSA) is 76.6 Å². The van der Waals surface area contributed by atoms with E-state index in [9.17, 15) is 0 Å². The van der Waals surface area contributed by atoms with Gasteiger partial charge in [0.15, 0.2) is 0 Å². The number of aryl methyl sites for hydroxylation is 2. The Kier molecular flexibility index (Phi) is 8.39. The van der Waals surface area contributed by atoms with Gasteiger partial charge in [0.05, 0.1) is 29.2 Å². The van der Waals surface area contributed by atoms with Crippen molar-refractivity contribution in [3.05, 3.63) is 95.1 Å². The predicted molar refractivity (Wildman–Crippen MR) is 136 cm³/mol. The number of rotatable bonds is 9. The summed E-state index contributed by atoms with van der Waals surface area (Å²) in [6.45, 7) is 6.38. The highest BCUT2D eigenvalue weighted by Crippen LogP contribution is 2.41. The molecule has 0 saturated carbocycles. The first-order chi connectivity index (χ1) is 16.7. The van der Waals surface area contributed by atoms with E-state index >= 15 is 0 Å². The molecule has 2 N–H and O–H groups in total. The molecular formula is C28H35N5O. The largest absolute Gasteiger partial charge is 0.391 e. The van der Waals surface area contributed by atoms with E-state index in [-0.39, 0.29) is 12.1 Å². The van der Waals surface area contributed by atoms with Gasteiger partial charge in [-0.3, -0.25) is 14.9 Å². The van der Waals surface area contributed by atoms with Crippen molar-refractivity contribution in [3.63, 3.8) is 0 Å². The molecule has 1 aliphatic rings. The van der Waals surface area contributed by atoms with Gasteiger partial charge in [0.25, 0.3) is 0 Å². The van der Waals surface area contributed by atoms with Crippen molar-refractivity contribution in [2.45, 2.75) is 58.2 Å². The predicted octanol–water partition coefficient (Wildman–Crippen LogP) is 5.28. The summed E-state index contributed by atoms with van der Waals surface area (Å²) in [7, 11) is 0. The van der Waals surface area contributed by atoms with E-state index in [1.54, 1.807) is 0 Å². The Morgan fingerprint density at radius 3 is 2.06 bits per heavy atom. The van der Waals surface area contributed by atoms with Crippen molar-refractivity contribution < 1.29 is 4.84 Å². The smallest absolute Gasteiger partial charge is 0.142 e. The Balaban J connectivity index is 1.67. The van der Waals surface area contributed by atoms with Crippen LogP contribution >= 0.6 is 0 Å². The monoisotopic (exact) mass is 457 g/mol. The zero-order chi connectivity index (χ0) is 23.8. The average Bonchev–Trinajstić information content (AvgIpc) is 2.86. The number of unbranched alkanes of at least 4 members (excludes halogenated alkanes) is 1. The molecule has 1 aliphatic heterocycles. The zero-order valence-electron chi connectivity index (χ0n) is 20.2. The summed E-state index contributed by atoms with van der Waals surface area (Å²) in [5, 5.41) is 4.63. The Labute approximate surface area is 202 Å². The number of nitrogens with zero attached hydrogens (tertiary/aromatic N) is 4. The van der Waals surface area contributed by atoms with Crippen molar-refractivity contribution in [2.75, 3.05) is 13.1 Å². The molecule has 1 fully saturated rings. The SMILES string of the molecule is Cc1cccnc1[C@H]1CC(=NOCc2ccccc2)C[C@@H](c2ncccc2C)N1CCCCN. The maximum Gasteiger partial charge on any atom is 0.142 e. The van der Waals surface area contributed by atoms with Gasteiger partial charge in [-0.1, -0.05) is 47.6 Å². The highest BCUT2D eigenvalue weighted by Gasteiger charge is 2.38. The van der Waals surface area contributed by atoms with Gasteiger partial charge in [0, 0.05) is 25.2 Å². The second-order valence-electron chi connectivity index (χ2n) is 9.00. The fourth-order valence-electron chi connectivity index (χ4n) is 4.78. The first-order valence-corrected chi connectivity index (χ1v) is 12.2. The van der Waals surface area contributed by atoms with Crippen LogP contribution in [0.5, 0.6) is 0 Å². The minimum Gasteiger partial charge on any atom is -0.391 e. The minimum atomic E-state index is 0.109. The van der Waals surface area contributed by atoms with E-state index in [1.807, 2.05) is 42.7 Å². The van der Waals surface area contributed by atoms with E-state index in [4.69, 9.17) is 20.5 Å². The van der Waals surface area contributed by atoms with Gasteiger partial charge in [-0.05, 0) is 68.6 Å². The molecule has 3 aromatic rings. The van der Waals surface area contributed by atoms with Crippen molar-refractivity contribution in [1.29, 1.82) is 0 Å². The Morgan fingerprint density at radius 2 is 1.50 bits per heavy atom. The van der Waals surface area contributed by atoms with Crippen molar-refractivity contribution in [3.8, 4) is 0 Å². The molecule has 34 heavy (non-hydrogen) atoms. The van der Waals surface area contributed by atoms with Gasteiger partial charge >= 0.3 is 0 Å². The molecule has 1 saturated heterocycles.